The third-order valence-electron chi connectivity index (χ3n) is 10.1. The van der Waals surface area contributed by atoms with Crippen molar-refractivity contribution < 1.29 is 42.6 Å². The number of pyridine rings is 1. The van der Waals surface area contributed by atoms with Crippen LogP contribution >= 0.6 is 23.2 Å². The average molecular weight is 819 g/mol. The fraction of sp³-hybridized carbons (Fsp3) is 0.233. The van der Waals surface area contributed by atoms with Gasteiger partial charge in [0.25, 0.3) is 11.8 Å². The number of aromatic nitrogens is 1. The Morgan fingerprint density at radius 3 is 1.79 bits per heavy atom. The maximum absolute atomic E-state index is 13.3. The molecule has 0 aliphatic carbocycles. The molecule has 9 nitrogen and oxygen atoms in total. The summed E-state index contributed by atoms with van der Waals surface area (Å²) in [5.41, 5.74) is 2.70. The molecule has 0 radical (unpaired) electrons. The number of aryl methyl sites for hydroxylation is 1. The molecule has 0 unspecified atom stereocenters. The van der Waals surface area contributed by atoms with Crippen molar-refractivity contribution in [3.63, 3.8) is 0 Å². The first-order chi connectivity index (χ1) is 27.1. The second-order valence-corrected chi connectivity index (χ2v) is 14.6. The largest absolute Gasteiger partial charge is 0.480 e. The minimum atomic E-state index is -4.61. The van der Waals surface area contributed by atoms with Crippen molar-refractivity contribution in [3.8, 4) is 11.1 Å². The molecule has 2 saturated heterocycles. The van der Waals surface area contributed by atoms with Gasteiger partial charge in [0, 0.05) is 22.3 Å². The molecule has 57 heavy (non-hydrogen) atoms. The van der Waals surface area contributed by atoms with E-state index in [2.05, 4.69) is 4.98 Å². The second kappa shape index (κ2) is 17.2. The van der Waals surface area contributed by atoms with Gasteiger partial charge in [-0.1, -0.05) is 83.9 Å². The Kier molecular flexibility index (Phi) is 12.3. The molecule has 2 amide bonds. The second-order valence-electron chi connectivity index (χ2n) is 13.7. The van der Waals surface area contributed by atoms with Crippen molar-refractivity contribution in [1.82, 2.24) is 14.8 Å². The predicted molar refractivity (Wildman–Crippen MR) is 208 cm³/mol. The highest BCUT2D eigenvalue weighted by molar-refractivity contribution is 6.31. The van der Waals surface area contributed by atoms with Gasteiger partial charge in [-0.15, -0.1) is 0 Å². The number of hydrogen-bond acceptors (Lipinski definition) is 5. The zero-order chi connectivity index (χ0) is 41.0. The number of alkyl halides is 3. The molecule has 4 atom stereocenters. The van der Waals surface area contributed by atoms with Crippen molar-refractivity contribution >= 4 is 47.0 Å². The van der Waals surface area contributed by atoms with Crippen molar-refractivity contribution in [2.45, 2.75) is 63.0 Å². The quantitative estimate of drug-likeness (QED) is 0.167. The lowest BCUT2D eigenvalue weighted by atomic mass is 10.0. The van der Waals surface area contributed by atoms with Crippen LogP contribution in [0.2, 0.25) is 10.0 Å². The molecule has 4 aromatic carbocycles. The number of amides is 2. The van der Waals surface area contributed by atoms with Crippen LogP contribution in [0.15, 0.2) is 115 Å². The zero-order valence-electron chi connectivity index (χ0n) is 30.4. The van der Waals surface area contributed by atoms with Crippen molar-refractivity contribution in [2.75, 3.05) is 0 Å². The van der Waals surface area contributed by atoms with Crippen LogP contribution < -0.4 is 0 Å². The molecule has 2 fully saturated rings. The summed E-state index contributed by atoms with van der Waals surface area (Å²) in [5.74, 6) is -3.31. The molecule has 0 saturated carbocycles. The highest BCUT2D eigenvalue weighted by atomic mass is 35.5. The number of rotatable bonds is 7. The van der Waals surface area contributed by atoms with E-state index in [1.54, 1.807) is 54.7 Å². The van der Waals surface area contributed by atoms with Crippen LogP contribution in [0.4, 0.5) is 13.2 Å². The molecule has 7 rings (SSSR count). The standard InChI is InChI=1S/C23H19ClN2O3.C20H17ClF3NO3/c24-18-7-4-14-25-21(18)19-12-13-20(23(28)29)26(19)22(27)17-10-8-16(9-11-17)15-5-2-1-3-6-15;1-11-8-12(10-13(9-11)20(22,23)24)18(26)25-16(6-7-17(25)19(27)28)14-4-2-3-5-15(14)21/h1-11,14,19-20H,12-13H2,(H,28,29);2-5,8-10,16-17H,6-7H2,1H3,(H,27,28)/t19-,20+;16-,17+/m11/s1. The molecular formula is C43H36Cl2F3N3O6. The lowest BCUT2D eigenvalue weighted by molar-refractivity contribution is -0.142. The molecule has 0 spiro atoms. The maximum atomic E-state index is 13.3. The fourth-order valence-corrected chi connectivity index (χ4v) is 7.95. The van der Waals surface area contributed by atoms with Crippen LogP contribution in [0.3, 0.4) is 0 Å². The number of carbonyl (C=O) groups excluding carboxylic acids is 2. The summed E-state index contributed by atoms with van der Waals surface area (Å²) in [6, 6.07) is 27.1. The van der Waals surface area contributed by atoms with Crippen LogP contribution in [0.25, 0.3) is 11.1 Å². The van der Waals surface area contributed by atoms with E-state index in [9.17, 15) is 42.6 Å². The van der Waals surface area contributed by atoms with E-state index in [1.807, 2.05) is 42.5 Å². The fourth-order valence-electron chi connectivity index (χ4n) is 7.44. The van der Waals surface area contributed by atoms with E-state index in [1.165, 1.54) is 17.9 Å². The summed E-state index contributed by atoms with van der Waals surface area (Å²) in [6.45, 7) is 1.45. The smallest absolute Gasteiger partial charge is 0.416 e. The Labute approximate surface area is 336 Å². The monoisotopic (exact) mass is 817 g/mol. The van der Waals surface area contributed by atoms with Gasteiger partial charge in [-0.2, -0.15) is 13.2 Å². The van der Waals surface area contributed by atoms with Gasteiger partial charge >= 0.3 is 18.1 Å². The third kappa shape index (κ3) is 8.97. The van der Waals surface area contributed by atoms with Gasteiger partial charge in [0.05, 0.1) is 28.4 Å². The van der Waals surface area contributed by atoms with Crippen LogP contribution in [0, 0.1) is 6.92 Å². The molecule has 2 N–H and O–H groups in total. The van der Waals surface area contributed by atoms with Gasteiger partial charge in [-0.25, -0.2) is 9.59 Å². The van der Waals surface area contributed by atoms with E-state index in [4.69, 9.17) is 23.2 Å². The van der Waals surface area contributed by atoms with E-state index in [-0.39, 0.29) is 23.5 Å². The number of halogens is 5. The number of nitrogens with zero attached hydrogens (tertiary/aromatic N) is 3. The summed E-state index contributed by atoms with van der Waals surface area (Å²) >= 11 is 12.5. The van der Waals surface area contributed by atoms with E-state index in [0.29, 0.717) is 46.1 Å². The molecule has 3 heterocycles. The topological polar surface area (TPSA) is 128 Å². The molecule has 294 valence electrons. The minimum Gasteiger partial charge on any atom is -0.480 e. The van der Waals surface area contributed by atoms with Crippen LogP contribution in [-0.2, 0) is 15.8 Å². The summed E-state index contributed by atoms with van der Waals surface area (Å²) in [4.78, 5) is 56.8. The molecular weight excluding hydrogens is 782 g/mol. The Hall–Kier alpha value is -5.72. The molecule has 2 aliphatic heterocycles. The number of likely N-dealkylation sites (tertiary alicyclic amines) is 2. The Morgan fingerprint density at radius 1 is 0.649 bits per heavy atom. The summed E-state index contributed by atoms with van der Waals surface area (Å²) in [6.07, 6.45) is -1.60. The van der Waals surface area contributed by atoms with Crippen LogP contribution in [-0.4, -0.2) is 60.8 Å². The first kappa shape index (κ1) is 40.9. The number of carboxylic acid groups (broad SMARTS) is 2. The average Bonchev–Trinajstić information content (AvgIpc) is 3.84. The normalized spacial score (nSPS) is 19.1. The number of benzene rings is 4. The van der Waals surface area contributed by atoms with Gasteiger partial charge < -0.3 is 20.0 Å². The van der Waals surface area contributed by atoms with Gasteiger partial charge in [0.15, 0.2) is 0 Å². The maximum Gasteiger partial charge on any atom is 0.416 e. The Bertz CT molecular complexity index is 2290. The lowest BCUT2D eigenvalue weighted by Crippen LogP contribution is -2.42. The van der Waals surface area contributed by atoms with Gasteiger partial charge in [-0.05, 0) is 103 Å². The van der Waals surface area contributed by atoms with Gasteiger partial charge in [0.2, 0.25) is 0 Å². The molecule has 1 aromatic heterocycles. The number of hydrogen-bond donors (Lipinski definition) is 2. The summed E-state index contributed by atoms with van der Waals surface area (Å²) in [7, 11) is 0. The van der Waals surface area contributed by atoms with Gasteiger partial charge in [0.1, 0.15) is 12.1 Å². The van der Waals surface area contributed by atoms with E-state index < -0.39 is 53.8 Å². The predicted octanol–water partition coefficient (Wildman–Crippen LogP) is 9.93. The number of carboxylic acids is 2. The van der Waals surface area contributed by atoms with Crippen molar-refractivity contribution in [3.05, 3.63) is 159 Å². The first-order valence-electron chi connectivity index (χ1n) is 18.0. The van der Waals surface area contributed by atoms with Crippen LogP contribution in [0.1, 0.15) is 80.9 Å². The van der Waals surface area contributed by atoms with E-state index >= 15 is 0 Å². The number of carbonyl (C=O) groups is 4. The third-order valence-corrected chi connectivity index (χ3v) is 10.7. The Morgan fingerprint density at radius 2 is 1.19 bits per heavy atom. The van der Waals surface area contributed by atoms with Crippen molar-refractivity contribution in [1.29, 1.82) is 0 Å². The molecule has 5 aromatic rings. The molecule has 14 heteroatoms. The molecule has 2 aliphatic rings. The SMILES string of the molecule is Cc1cc(C(=O)N2[C@@H](c3ccccc3Cl)CC[C@H]2C(=O)O)cc(C(F)(F)F)c1.O=C(O)[C@@H]1CC[C@H](c2ncccc2Cl)N1C(=O)c1ccc(-c2ccccc2)cc1. The first-order valence-corrected chi connectivity index (χ1v) is 18.7. The zero-order valence-corrected chi connectivity index (χ0v) is 31.9. The van der Waals surface area contributed by atoms with Crippen LogP contribution in [0.5, 0.6) is 0 Å². The lowest BCUT2D eigenvalue weighted by Gasteiger charge is -2.29. The van der Waals surface area contributed by atoms with Crippen molar-refractivity contribution in [2.24, 2.45) is 0 Å². The summed E-state index contributed by atoms with van der Waals surface area (Å²) < 4.78 is 39.5. The minimum absolute atomic E-state index is 0.189. The van der Waals surface area contributed by atoms with Gasteiger partial charge in [-0.3, -0.25) is 14.6 Å². The summed E-state index contributed by atoms with van der Waals surface area (Å²) in [5, 5.41) is 20.0. The highest BCUT2D eigenvalue weighted by Gasteiger charge is 2.44. The van der Waals surface area contributed by atoms with E-state index in [0.717, 1.165) is 28.2 Å². The Balaban J connectivity index is 0.000000193. The molecule has 0 bridgehead atoms. The number of aliphatic carboxylic acids is 2. The highest BCUT2D eigenvalue weighted by Crippen LogP contribution is 2.42.